The summed E-state index contributed by atoms with van der Waals surface area (Å²) in [5, 5.41) is 3.15. The fourth-order valence-corrected chi connectivity index (χ4v) is 5.65. The van der Waals surface area contributed by atoms with Crippen molar-refractivity contribution >= 4 is 17.7 Å². The lowest BCUT2D eigenvalue weighted by atomic mass is 10.0. The summed E-state index contributed by atoms with van der Waals surface area (Å²) >= 11 is 1.73. The van der Waals surface area contributed by atoms with Crippen molar-refractivity contribution in [2.75, 3.05) is 52.1 Å². The fraction of sp³-hybridized carbons (Fsp3) is 0.500. The standard InChI is InChI=1S/C26H35N3O2S/c1-28-16-17-29(24(19-28)21-9-3-2-4-10-21)15-8-14-27-26(30)23-12-5-6-13-25(23)32-20-22-11-7-18-31-22/h2-6,9-10,12-13,22,24H,7-8,11,14-20H2,1H3,(H,27,30). The van der Waals surface area contributed by atoms with Crippen LogP contribution in [0.4, 0.5) is 0 Å². The van der Waals surface area contributed by atoms with E-state index in [1.54, 1.807) is 11.8 Å². The molecule has 2 aromatic carbocycles. The summed E-state index contributed by atoms with van der Waals surface area (Å²) in [5.74, 6) is 0.938. The lowest BCUT2D eigenvalue weighted by Gasteiger charge is -2.40. The molecule has 0 aliphatic carbocycles. The topological polar surface area (TPSA) is 44.8 Å². The van der Waals surface area contributed by atoms with Crippen molar-refractivity contribution in [2.45, 2.75) is 36.3 Å². The fourth-order valence-electron chi connectivity index (χ4n) is 4.53. The third-order valence-electron chi connectivity index (χ3n) is 6.37. The predicted molar refractivity (Wildman–Crippen MR) is 131 cm³/mol. The van der Waals surface area contributed by atoms with Crippen molar-refractivity contribution in [3.63, 3.8) is 0 Å². The zero-order valence-electron chi connectivity index (χ0n) is 19.0. The molecule has 5 nitrogen and oxygen atoms in total. The normalized spacial score (nSPS) is 22.2. The number of carbonyl (C=O) groups excluding carboxylic acids is 1. The van der Waals surface area contributed by atoms with Gasteiger partial charge in [0.1, 0.15) is 0 Å². The first-order chi connectivity index (χ1) is 15.7. The molecule has 0 bridgehead atoms. The van der Waals surface area contributed by atoms with E-state index in [0.717, 1.165) is 68.3 Å². The van der Waals surface area contributed by atoms with Crippen molar-refractivity contribution in [1.82, 2.24) is 15.1 Å². The van der Waals surface area contributed by atoms with Crippen LogP contribution in [0, 0.1) is 0 Å². The predicted octanol–water partition coefficient (Wildman–Crippen LogP) is 4.07. The Kier molecular flexibility index (Phi) is 8.62. The average molecular weight is 454 g/mol. The Bertz CT molecular complexity index is 857. The van der Waals surface area contributed by atoms with Gasteiger partial charge >= 0.3 is 0 Å². The molecule has 6 heteroatoms. The molecule has 0 spiro atoms. The highest BCUT2D eigenvalue weighted by Gasteiger charge is 2.26. The molecule has 2 aromatic rings. The van der Waals surface area contributed by atoms with Crippen molar-refractivity contribution in [3.05, 3.63) is 65.7 Å². The Morgan fingerprint density at radius 2 is 1.94 bits per heavy atom. The van der Waals surface area contributed by atoms with Gasteiger partial charge in [-0.05, 0) is 44.0 Å². The van der Waals surface area contributed by atoms with E-state index < -0.39 is 0 Å². The summed E-state index contributed by atoms with van der Waals surface area (Å²) < 4.78 is 5.73. The molecule has 1 N–H and O–H groups in total. The highest BCUT2D eigenvalue weighted by Crippen LogP contribution is 2.27. The number of amides is 1. The van der Waals surface area contributed by atoms with E-state index >= 15 is 0 Å². The molecule has 0 radical (unpaired) electrons. The minimum Gasteiger partial charge on any atom is -0.377 e. The van der Waals surface area contributed by atoms with Gasteiger partial charge in [0, 0.05) is 56.0 Å². The van der Waals surface area contributed by atoms with Crippen LogP contribution in [0.1, 0.15) is 41.2 Å². The van der Waals surface area contributed by atoms with Gasteiger partial charge in [0.2, 0.25) is 0 Å². The van der Waals surface area contributed by atoms with Crippen molar-refractivity contribution in [2.24, 2.45) is 0 Å². The van der Waals surface area contributed by atoms with E-state index in [1.165, 1.54) is 5.56 Å². The van der Waals surface area contributed by atoms with E-state index in [9.17, 15) is 4.79 Å². The van der Waals surface area contributed by atoms with Crippen molar-refractivity contribution < 1.29 is 9.53 Å². The third-order valence-corrected chi connectivity index (χ3v) is 7.57. The first-order valence-electron chi connectivity index (χ1n) is 11.8. The van der Waals surface area contributed by atoms with Gasteiger partial charge in [0.05, 0.1) is 11.7 Å². The van der Waals surface area contributed by atoms with E-state index in [1.807, 2.05) is 24.3 Å². The van der Waals surface area contributed by atoms with Gasteiger partial charge in [-0.2, -0.15) is 0 Å². The molecule has 2 heterocycles. The summed E-state index contributed by atoms with van der Waals surface area (Å²) in [5.41, 5.74) is 2.15. The lowest BCUT2D eigenvalue weighted by molar-refractivity contribution is 0.0865. The molecule has 2 atom stereocenters. The molecule has 2 unspecified atom stereocenters. The Morgan fingerprint density at radius 1 is 1.12 bits per heavy atom. The molecule has 2 aliphatic heterocycles. The minimum absolute atomic E-state index is 0.0263. The second-order valence-electron chi connectivity index (χ2n) is 8.78. The zero-order valence-corrected chi connectivity index (χ0v) is 19.9. The van der Waals surface area contributed by atoms with Crippen LogP contribution in [-0.2, 0) is 4.74 Å². The van der Waals surface area contributed by atoms with Crippen molar-refractivity contribution in [1.29, 1.82) is 0 Å². The second-order valence-corrected chi connectivity index (χ2v) is 9.84. The number of hydrogen-bond donors (Lipinski definition) is 1. The van der Waals surface area contributed by atoms with Gasteiger partial charge < -0.3 is 15.0 Å². The van der Waals surface area contributed by atoms with E-state index in [2.05, 4.69) is 52.5 Å². The number of rotatable bonds is 9. The summed E-state index contributed by atoms with van der Waals surface area (Å²) in [6.07, 6.45) is 3.53. The quantitative estimate of drug-likeness (QED) is 0.458. The number of likely N-dealkylation sites (N-methyl/N-ethyl adjacent to an activating group) is 1. The van der Waals surface area contributed by atoms with E-state index in [-0.39, 0.29) is 5.91 Å². The highest BCUT2D eigenvalue weighted by molar-refractivity contribution is 7.99. The lowest BCUT2D eigenvalue weighted by Crippen LogP contribution is -2.47. The molecule has 2 saturated heterocycles. The Morgan fingerprint density at radius 3 is 2.75 bits per heavy atom. The largest absolute Gasteiger partial charge is 0.377 e. The van der Waals surface area contributed by atoms with E-state index in [4.69, 9.17) is 4.74 Å². The SMILES string of the molecule is CN1CCN(CCCNC(=O)c2ccccc2SCC2CCCO2)C(c2ccccc2)C1. The molecule has 0 saturated carbocycles. The number of ether oxygens (including phenoxy) is 1. The van der Waals surface area contributed by atoms with Crippen molar-refractivity contribution in [3.8, 4) is 0 Å². The van der Waals surface area contributed by atoms with Crippen LogP contribution in [-0.4, -0.2) is 73.9 Å². The van der Waals surface area contributed by atoms with Crippen LogP contribution < -0.4 is 5.32 Å². The maximum atomic E-state index is 12.9. The molecule has 1 amide bonds. The molecule has 2 fully saturated rings. The number of thioether (sulfide) groups is 1. The summed E-state index contributed by atoms with van der Waals surface area (Å²) in [7, 11) is 2.20. The molecule has 32 heavy (non-hydrogen) atoms. The number of piperazine rings is 1. The van der Waals surface area contributed by atoms with Crippen LogP contribution in [0.3, 0.4) is 0 Å². The average Bonchev–Trinajstić information content (AvgIpc) is 3.35. The Hall–Kier alpha value is -1.86. The molecular weight excluding hydrogens is 418 g/mol. The van der Waals surface area contributed by atoms with Crippen LogP contribution >= 0.6 is 11.8 Å². The molecule has 172 valence electrons. The first kappa shape index (κ1) is 23.3. The molecular formula is C26H35N3O2S. The zero-order chi connectivity index (χ0) is 22.2. The summed E-state index contributed by atoms with van der Waals surface area (Å²) in [4.78, 5) is 18.9. The minimum atomic E-state index is 0.0263. The highest BCUT2D eigenvalue weighted by atomic mass is 32.2. The molecule has 2 aliphatic rings. The smallest absolute Gasteiger partial charge is 0.252 e. The molecule has 0 aromatic heterocycles. The maximum Gasteiger partial charge on any atom is 0.252 e. The summed E-state index contributed by atoms with van der Waals surface area (Å²) in [6, 6.07) is 19.1. The number of hydrogen-bond acceptors (Lipinski definition) is 5. The van der Waals surface area contributed by atoms with Gasteiger partial charge in [-0.15, -0.1) is 11.8 Å². The monoisotopic (exact) mass is 453 g/mol. The third kappa shape index (κ3) is 6.35. The van der Waals surface area contributed by atoms with Gasteiger partial charge in [0.15, 0.2) is 0 Å². The molecule has 4 rings (SSSR count). The van der Waals surface area contributed by atoms with Crippen LogP contribution in [0.15, 0.2) is 59.5 Å². The number of nitrogens with one attached hydrogen (secondary N) is 1. The van der Waals surface area contributed by atoms with Crippen LogP contribution in [0.2, 0.25) is 0 Å². The van der Waals surface area contributed by atoms with Crippen LogP contribution in [0.5, 0.6) is 0 Å². The number of carbonyl (C=O) groups is 1. The van der Waals surface area contributed by atoms with Gasteiger partial charge in [-0.1, -0.05) is 42.5 Å². The van der Waals surface area contributed by atoms with Gasteiger partial charge in [-0.25, -0.2) is 0 Å². The van der Waals surface area contributed by atoms with Gasteiger partial charge in [0.25, 0.3) is 5.91 Å². The summed E-state index contributed by atoms with van der Waals surface area (Å²) in [6.45, 7) is 5.75. The Labute approximate surface area is 196 Å². The Balaban J connectivity index is 1.26. The number of nitrogens with zero attached hydrogens (tertiary/aromatic N) is 2. The first-order valence-corrected chi connectivity index (χ1v) is 12.8. The second kappa shape index (κ2) is 11.8. The van der Waals surface area contributed by atoms with E-state index in [0.29, 0.717) is 18.7 Å². The number of benzene rings is 2. The van der Waals surface area contributed by atoms with Gasteiger partial charge in [-0.3, -0.25) is 9.69 Å². The van der Waals surface area contributed by atoms with Crippen LogP contribution in [0.25, 0.3) is 0 Å². The maximum absolute atomic E-state index is 12.9.